The summed E-state index contributed by atoms with van der Waals surface area (Å²) in [6.45, 7) is 0.456. The molecule has 4 heteroatoms. The quantitative estimate of drug-likeness (QED) is 0.842. The van der Waals surface area contributed by atoms with Crippen LogP contribution in [-0.2, 0) is 4.74 Å². The molecule has 1 heterocycles. The Bertz CT molecular complexity index is 368. The number of benzene rings is 1. The van der Waals surface area contributed by atoms with Crippen LogP contribution in [0, 0.1) is 17.6 Å². The Morgan fingerprint density at radius 3 is 2.94 bits per heavy atom. The van der Waals surface area contributed by atoms with E-state index < -0.39 is 17.7 Å². The number of halogens is 2. The maximum absolute atomic E-state index is 13.5. The fourth-order valence-corrected chi connectivity index (χ4v) is 2.11. The number of rotatable bonds is 2. The largest absolute Gasteiger partial charge is 0.396 e. The molecule has 0 spiro atoms. The lowest BCUT2D eigenvalue weighted by atomic mass is 9.90. The first-order valence-corrected chi connectivity index (χ1v) is 5.40. The van der Waals surface area contributed by atoms with Crippen molar-refractivity contribution >= 4 is 0 Å². The van der Waals surface area contributed by atoms with Crippen molar-refractivity contribution in [2.45, 2.75) is 18.9 Å². The van der Waals surface area contributed by atoms with E-state index >= 15 is 0 Å². The van der Waals surface area contributed by atoms with Gasteiger partial charge in [0.2, 0.25) is 0 Å². The summed E-state index contributed by atoms with van der Waals surface area (Å²) >= 11 is 0. The van der Waals surface area contributed by atoms with E-state index in [-0.39, 0.29) is 18.1 Å². The second-order valence-corrected chi connectivity index (χ2v) is 4.04. The third-order valence-electron chi connectivity index (χ3n) is 2.94. The van der Waals surface area contributed by atoms with Crippen molar-refractivity contribution < 1.29 is 18.6 Å². The van der Waals surface area contributed by atoms with Gasteiger partial charge in [0, 0.05) is 24.7 Å². The maximum Gasteiger partial charge on any atom is 0.129 e. The summed E-state index contributed by atoms with van der Waals surface area (Å²) in [4.78, 5) is 0. The molecule has 2 unspecified atom stereocenters. The summed E-state index contributed by atoms with van der Waals surface area (Å²) in [5.41, 5.74) is 0.207. The van der Waals surface area contributed by atoms with Crippen molar-refractivity contribution in [1.82, 2.24) is 0 Å². The Hall–Kier alpha value is -1.00. The van der Waals surface area contributed by atoms with Gasteiger partial charge in [-0.15, -0.1) is 0 Å². The lowest BCUT2D eigenvalue weighted by Gasteiger charge is -2.30. The number of hydrogen-bond acceptors (Lipinski definition) is 2. The molecule has 0 aromatic heterocycles. The SMILES string of the molecule is OCC1CCCOC1c1cc(F)ccc1F. The van der Waals surface area contributed by atoms with Gasteiger partial charge in [0.1, 0.15) is 11.6 Å². The third-order valence-corrected chi connectivity index (χ3v) is 2.94. The van der Waals surface area contributed by atoms with E-state index in [4.69, 9.17) is 4.74 Å². The van der Waals surface area contributed by atoms with E-state index in [0.717, 1.165) is 31.0 Å². The predicted molar refractivity (Wildman–Crippen MR) is 54.9 cm³/mol. The van der Waals surface area contributed by atoms with E-state index in [1.807, 2.05) is 0 Å². The molecular weight excluding hydrogens is 214 g/mol. The van der Waals surface area contributed by atoms with Crippen LogP contribution < -0.4 is 0 Å². The highest BCUT2D eigenvalue weighted by atomic mass is 19.1. The molecule has 1 fully saturated rings. The molecule has 1 aliphatic rings. The molecule has 16 heavy (non-hydrogen) atoms. The molecule has 88 valence electrons. The summed E-state index contributed by atoms with van der Waals surface area (Å²) in [5.74, 6) is -1.11. The van der Waals surface area contributed by atoms with E-state index in [1.165, 1.54) is 0 Å². The first-order chi connectivity index (χ1) is 7.72. The molecule has 1 N–H and O–H groups in total. The molecule has 0 radical (unpaired) electrons. The van der Waals surface area contributed by atoms with Gasteiger partial charge in [0.25, 0.3) is 0 Å². The zero-order chi connectivity index (χ0) is 11.5. The fraction of sp³-hybridized carbons (Fsp3) is 0.500. The average molecular weight is 228 g/mol. The molecule has 2 nitrogen and oxygen atoms in total. The Labute approximate surface area is 92.9 Å². The molecule has 2 rings (SSSR count). The number of hydrogen-bond donors (Lipinski definition) is 1. The molecule has 1 aromatic rings. The van der Waals surface area contributed by atoms with E-state index in [2.05, 4.69) is 0 Å². The van der Waals surface area contributed by atoms with Gasteiger partial charge in [-0.25, -0.2) is 8.78 Å². The lowest BCUT2D eigenvalue weighted by Crippen LogP contribution is -2.26. The topological polar surface area (TPSA) is 29.5 Å². The molecule has 0 saturated carbocycles. The van der Waals surface area contributed by atoms with Gasteiger partial charge in [-0.3, -0.25) is 0 Å². The van der Waals surface area contributed by atoms with Crippen LogP contribution in [0.3, 0.4) is 0 Å². The van der Waals surface area contributed by atoms with Crippen molar-refractivity contribution in [3.63, 3.8) is 0 Å². The number of ether oxygens (including phenoxy) is 1. The summed E-state index contributed by atoms with van der Waals surface area (Å²) < 4.78 is 32.0. The first kappa shape index (κ1) is 11.5. The Morgan fingerprint density at radius 1 is 1.38 bits per heavy atom. The van der Waals surface area contributed by atoms with Crippen LogP contribution in [0.4, 0.5) is 8.78 Å². The third kappa shape index (κ3) is 2.23. The normalized spacial score (nSPS) is 25.7. The van der Waals surface area contributed by atoms with Crippen LogP contribution in [0.2, 0.25) is 0 Å². The van der Waals surface area contributed by atoms with Gasteiger partial charge >= 0.3 is 0 Å². The molecule has 1 aromatic carbocycles. The summed E-state index contributed by atoms with van der Waals surface area (Å²) in [6.07, 6.45) is 1.09. The second-order valence-electron chi connectivity index (χ2n) is 4.04. The van der Waals surface area contributed by atoms with Crippen molar-refractivity contribution in [3.05, 3.63) is 35.4 Å². The first-order valence-electron chi connectivity index (χ1n) is 5.40. The van der Waals surface area contributed by atoms with E-state index in [0.29, 0.717) is 6.61 Å². The molecule has 0 aliphatic carbocycles. The average Bonchev–Trinajstić information content (AvgIpc) is 2.32. The monoisotopic (exact) mass is 228 g/mol. The van der Waals surface area contributed by atoms with E-state index in [9.17, 15) is 13.9 Å². The molecule has 0 amide bonds. The van der Waals surface area contributed by atoms with Gasteiger partial charge in [0.05, 0.1) is 6.10 Å². The molecule has 1 aliphatic heterocycles. The maximum atomic E-state index is 13.5. The van der Waals surface area contributed by atoms with Crippen LogP contribution in [0.1, 0.15) is 24.5 Å². The van der Waals surface area contributed by atoms with Gasteiger partial charge in [-0.1, -0.05) is 0 Å². The van der Waals surface area contributed by atoms with Gasteiger partial charge < -0.3 is 9.84 Å². The zero-order valence-corrected chi connectivity index (χ0v) is 8.83. The van der Waals surface area contributed by atoms with Crippen LogP contribution in [0.25, 0.3) is 0 Å². The summed E-state index contributed by atoms with van der Waals surface area (Å²) in [6, 6.07) is 3.32. The molecule has 0 bridgehead atoms. The smallest absolute Gasteiger partial charge is 0.129 e. The highest BCUT2D eigenvalue weighted by Gasteiger charge is 2.29. The highest BCUT2D eigenvalue weighted by Crippen LogP contribution is 2.34. The zero-order valence-electron chi connectivity index (χ0n) is 8.83. The van der Waals surface area contributed by atoms with Crippen LogP contribution in [0.5, 0.6) is 0 Å². The molecule has 2 atom stereocenters. The lowest BCUT2D eigenvalue weighted by molar-refractivity contribution is -0.0475. The summed E-state index contributed by atoms with van der Waals surface area (Å²) in [5, 5.41) is 9.19. The van der Waals surface area contributed by atoms with Crippen LogP contribution >= 0.6 is 0 Å². The van der Waals surface area contributed by atoms with Crippen LogP contribution in [0.15, 0.2) is 18.2 Å². The second kappa shape index (κ2) is 4.89. The van der Waals surface area contributed by atoms with Crippen molar-refractivity contribution in [2.75, 3.05) is 13.2 Å². The predicted octanol–water partition coefficient (Wildman–Crippen LogP) is 2.42. The van der Waals surface area contributed by atoms with Gasteiger partial charge in [0.15, 0.2) is 0 Å². The highest BCUT2D eigenvalue weighted by molar-refractivity contribution is 5.22. The number of aliphatic hydroxyl groups is 1. The van der Waals surface area contributed by atoms with Gasteiger partial charge in [-0.05, 0) is 31.0 Å². The Morgan fingerprint density at radius 2 is 2.19 bits per heavy atom. The van der Waals surface area contributed by atoms with Crippen molar-refractivity contribution in [3.8, 4) is 0 Å². The minimum Gasteiger partial charge on any atom is -0.396 e. The summed E-state index contributed by atoms with van der Waals surface area (Å²) in [7, 11) is 0. The standard InChI is InChI=1S/C12H14F2O2/c13-9-3-4-11(14)10(6-9)12-8(7-15)2-1-5-16-12/h3-4,6,8,12,15H,1-2,5,7H2. The van der Waals surface area contributed by atoms with Crippen LogP contribution in [-0.4, -0.2) is 18.3 Å². The Balaban J connectivity index is 2.30. The van der Waals surface area contributed by atoms with Gasteiger partial charge in [-0.2, -0.15) is 0 Å². The minimum absolute atomic E-state index is 0.0688. The van der Waals surface area contributed by atoms with Crippen molar-refractivity contribution in [2.24, 2.45) is 5.92 Å². The Kier molecular flexibility index (Phi) is 3.51. The molecule has 1 saturated heterocycles. The fourth-order valence-electron chi connectivity index (χ4n) is 2.11. The number of aliphatic hydroxyl groups excluding tert-OH is 1. The van der Waals surface area contributed by atoms with Crippen molar-refractivity contribution in [1.29, 1.82) is 0 Å². The minimum atomic E-state index is -0.533. The van der Waals surface area contributed by atoms with E-state index in [1.54, 1.807) is 0 Å². The molecular formula is C12H14F2O2.